The number of hydrogen-bond donors (Lipinski definition) is 2. The second kappa shape index (κ2) is 4.64. The Morgan fingerprint density at radius 2 is 2.21 bits per heavy atom. The van der Waals surface area contributed by atoms with Crippen molar-refractivity contribution >= 4 is 5.91 Å². The minimum atomic E-state index is -0.193. The predicted octanol–water partition coefficient (Wildman–Crippen LogP) is 1.86. The zero-order valence-corrected chi connectivity index (χ0v) is 11.4. The highest BCUT2D eigenvalue weighted by Crippen LogP contribution is 2.56. The average Bonchev–Trinajstić information content (AvgIpc) is 2.99. The summed E-state index contributed by atoms with van der Waals surface area (Å²) in [5, 5.41) is 3.50. The first-order valence-electron chi connectivity index (χ1n) is 7.23. The van der Waals surface area contributed by atoms with Crippen LogP contribution < -0.4 is 11.1 Å². The van der Waals surface area contributed by atoms with Crippen molar-refractivity contribution < 1.29 is 4.79 Å². The van der Waals surface area contributed by atoms with Crippen LogP contribution >= 0.6 is 0 Å². The fourth-order valence-electron chi connectivity index (χ4n) is 3.71. The van der Waals surface area contributed by atoms with Crippen molar-refractivity contribution in [1.82, 2.24) is 5.32 Å². The number of carbonyl (C=O) groups excluding carboxylic acids is 1. The fraction of sp³-hybridized carbons (Fsp3) is 0.562. The molecule has 3 unspecified atom stereocenters. The van der Waals surface area contributed by atoms with E-state index in [0.29, 0.717) is 11.8 Å². The lowest BCUT2D eigenvalue weighted by Crippen LogP contribution is -2.46. The molecule has 0 spiro atoms. The topological polar surface area (TPSA) is 55.1 Å². The summed E-state index contributed by atoms with van der Waals surface area (Å²) in [5.41, 5.74) is 7.00. The second-order valence-electron chi connectivity index (χ2n) is 6.20. The molecule has 1 saturated carbocycles. The summed E-state index contributed by atoms with van der Waals surface area (Å²) >= 11 is 0. The molecule has 0 bridgehead atoms. The highest BCUT2D eigenvalue weighted by molar-refractivity contribution is 5.80. The molecule has 2 fully saturated rings. The number of primary amides is 1. The SMILES string of the molecule is C[C@@H](CCc1ccccc1)C12CC1CC(C(N)=O)N2. The van der Waals surface area contributed by atoms with Gasteiger partial charge in [0.25, 0.3) is 0 Å². The number of benzene rings is 1. The zero-order chi connectivity index (χ0) is 13.5. The van der Waals surface area contributed by atoms with Crippen molar-refractivity contribution in [1.29, 1.82) is 0 Å². The van der Waals surface area contributed by atoms with Gasteiger partial charge in [-0.2, -0.15) is 0 Å². The number of piperidine rings is 1. The minimum absolute atomic E-state index is 0.0991. The van der Waals surface area contributed by atoms with E-state index >= 15 is 0 Å². The average molecular weight is 258 g/mol. The van der Waals surface area contributed by atoms with E-state index in [4.69, 9.17) is 5.73 Å². The maximum atomic E-state index is 11.3. The molecule has 1 amide bonds. The zero-order valence-electron chi connectivity index (χ0n) is 11.4. The van der Waals surface area contributed by atoms with Gasteiger partial charge in [-0.25, -0.2) is 0 Å². The van der Waals surface area contributed by atoms with Crippen molar-refractivity contribution in [2.75, 3.05) is 0 Å². The van der Waals surface area contributed by atoms with E-state index < -0.39 is 0 Å². The van der Waals surface area contributed by atoms with Gasteiger partial charge in [-0.15, -0.1) is 0 Å². The van der Waals surface area contributed by atoms with E-state index in [1.165, 1.54) is 18.4 Å². The van der Waals surface area contributed by atoms with E-state index in [1.54, 1.807) is 0 Å². The first-order valence-corrected chi connectivity index (χ1v) is 7.23. The van der Waals surface area contributed by atoms with Gasteiger partial charge in [0.15, 0.2) is 0 Å². The Balaban J connectivity index is 1.57. The maximum absolute atomic E-state index is 11.3. The smallest absolute Gasteiger partial charge is 0.234 e. The van der Waals surface area contributed by atoms with Gasteiger partial charge in [-0.3, -0.25) is 10.1 Å². The van der Waals surface area contributed by atoms with Gasteiger partial charge in [0.05, 0.1) is 6.04 Å². The Hall–Kier alpha value is -1.35. The third kappa shape index (κ3) is 2.27. The highest BCUT2D eigenvalue weighted by atomic mass is 16.1. The highest BCUT2D eigenvalue weighted by Gasteiger charge is 2.63. The molecule has 3 heteroatoms. The maximum Gasteiger partial charge on any atom is 0.234 e. The Labute approximate surface area is 114 Å². The van der Waals surface area contributed by atoms with Gasteiger partial charge in [0.1, 0.15) is 0 Å². The van der Waals surface area contributed by atoms with Crippen molar-refractivity contribution in [2.24, 2.45) is 17.6 Å². The van der Waals surface area contributed by atoms with Gasteiger partial charge in [0, 0.05) is 5.54 Å². The molecule has 1 aromatic rings. The Kier molecular flexibility index (Phi) is 3.09. The largest absolute Gasteiger partial charge is 0.368 e. The molecule has 3 N–H and O–H groups in total. The molecule has 102 valence electrons. The first-order chi connectivity index (χ1) is 9.12. The Morgan fingerprint density at radius 3 is 2.84 bits per heavy atom. The Morgan fingerprint density at radius 1 is 1.47 bits per heavy atom. The van der Waals surface area contributed by atoms with Crippen LogP contribution in [0.1, 0.15) is 31.7 Å². The molecule has 3 nitrogen and oxygen atoms in total. The van der Waals surface area contributed by atoms with Crippen LogP contribution in [0.5, 0.6) is 0 Å². The van der Waals surface area contributed by atoms with Crippen molar-refractivity contribution in [3.8, 4) is 0 Å². The number of hydrogen-bond acceptors (Lipinski definition) is 2. The molecule has 1 saturated heterocycles. The van der Waals surface area contributed by atoms with Crippen LogP contribution in [0.2, 0.25) is 0 Å². The molecule has 19 heavy (non-hydrogen) atoms. The van der Waals surface area contributed by atoms with E-state index in [0.717, 1.165) is 12.8 Å². The van der Waals surface area contributed by atoms with E-state index in [2.05, 4.69) is 42.6 Å². The molecule has 1 aromatic carbocycles. The molecule has 1 aliphatic heterocycles. The van der Waals surface area contributed by atoms with Crippen LogP contribution in [0, 0.1) is 11.8 Å². The summed E-state index contributed by atoms with van der Waals surface area (Å²) in [7, 11) is 0. The van der Waals surface area contributed by atoms with Gasteiger partial charge in [-0.1, -0.05) is 37.3 Å². The van der Waals surface area contributed by atoms with Crippen molar-refractivity contribution in [3.63, 3.8) is 0 Å². The van der Waals surface area contributed by atoms with Crippen molar-refractivity contribution in [3.05, 3.63) is 35.9 Å². The third-order valence-corrected chi connectivity index (χ3v) is 5.05. The molecule has 1 heterocycles. The van der Waals surface area contributed by atoms with Gasteiger partial charge in [-0.05, 0) is 43.1 Å². The molecule has 2 aliphatic rings. The fourth-order valence-corrected chi connectivity index (χ4v) is 3.71. The quantitative estimate of drug-likeness (QED) is 0.847. The Bertz CT molecular complexity index is 473. The normalized spacial score (nSPS) is 33.7. The minimum Gasteiger partial charge on any atom is -0.368 e. The summed E-state index contributed by atoms with van der Waals surface area (Å²) in [6, 6.07) is 10.5. The van der Waals surface area contributed by atoms with E-state index in [1.807, 2.05) is 0 Å². The standard InChI is InChI=1S/C16H22N2O/c1-11(7-8-12-5-3-2-4-6-12)16-10-13(16)9-14(18-16)15(17)19/h2-6,11,13-14,18H,7-10H2,1H3,(H2,17,19)/t11-,13?,14?,16?/m0/s1. The lowest BCUT2D eigenvalue weighted by molar-refractivity contribution is -0.120. The van der Waals surface area contributed by atoms with Crippen LogP contribution in [0.15, 0.2) is 30.3 Å². The van der Waals surface area contributed by atoms with Crippen LogP contribution in [-0.2, 0) is 11.2 Å². The molecular formula is C16H22N2O. The first kappa shape index (κ1) is 12.7. The number of nitrogens with two attached hydrogens (primary N) is 1. The summed E-state index contributed by atoms with van der Waals surface area (Å²) in [6.07, 6.45) is 4.43. The number of amides is 1. The van der Waals surface area contributed by atoms with Gasteiger partial charge < -0.3 is 5.73 Å². The molecule has 0 aromatic heterocycles. The molecule has 1 aliphatic carbocycles. The second-order valence-corrected chi connectivity index (χ2v) is 6.20. The molecular weight excluding hydrogens is 236 g/mol. The molecule has 4 atom stereocenters. The van der Waals surface area contributed by atoms with Crippen LogP contribution in [0.3, 0.4) is 0 Å². The number of rotatable bonds is 5. The number of aryl methyl sites for hydroxylation is 1. The lowest BCUT2D eigenvalue weighted by Gasteiger charge is -2.24. The van der Waals surface area contributed by atoms with Crippen LogP contribution in [-0.4, -0.2) is 17.5 Å². The number of nitrogens with one attached hydrogen (secondary N) is 1. The number of carbonyl (C=O) groups is 1. The van der Waals surface area contributed by atoms with Gasteiger partial charge in [0.2, 0.25) is 5.91 Å². The summed E-state index contributed by atoms with van der Waals surface area (Å²) in [4.78, 5) is 11.3. The van der Waals surface area contributed by atoms with E-state index in [9.17, 15) is 4.79 Å². The number of fused-ring (bicyclic) bond motifs is 1. The van der Waals surface area contributed by atoms with Crippen molar-refractivity contribution in [2.45, 2.75) is 44.2 Å². The summed E-state index contributed by atoms with van der Waals surface area (Å²) in [6.45, 7) is 2.30. The monoisotopic (exact) mass is 258 g/mol. The molecule has 3 rings (SSSR count). The van der Waals surface area contributed by atoms with Gasteiger partial charge >= 0.3 is 0 Å². The predicted molar refractivity (Wildman–Crippen MR) is 75.5 cm³/mol. The lowest BCUT2D eigenvalue weighted by atomic mass is 9.91. The van der Waals surface area contributed by atoms with Crippen LogP contribution in [0.25, 0.3) is 0 Å². The summed E-state index contributed by atoms with van der Waals surface area (Å²) in [5.74, 6) is 1.07. The molecule has 0 radical (unpaired) electrons. The van der Waals surface area contributed by atoms with E-state index in [-0.39, 0.29) is 17.5 Å². The third-order valence-electron chi connectivity index (χ3n) is 5.05. The van der Waals surface area contributed by atoms with Crippen LogP contribution in [0.4, 0.5) is 0 Å². The summed E-state index contributed by atoms with van der Waals surface area (Å²) < 4.78 is 0.